The summed E-state index contributed by atoms with van der Waals surface area (Å²) in [5.41, 5.74) is 1.01. The van der Waals surface area contributed by atoms with Gasteiger partial charge in [-0.25, -0.2) is 14.8 Å². The van der Waals surface area contributed by atoms with Crippen molar-refractivity contribution < 1.29 is 19.1 Å². The molecule has 0 bridgehead atoms. The third-order valence-corrected chi connectivity index (χ3v) is 6.79. The maximum atomic E-state index is 13.1. The Morgan fingerprint density at radius 3 is 2.62 bits per heavy atom. The van der Waals surface area contributed by atoms with Crippen molar-refractivity contribution in [3.05, 3.63) is 53.7 Å². The first-order valence-electron chi connectivity index (χ1n) is 13.2. The van der Waals surface area contributed by atoms with Crippen LogP contribution in [0.25, 0.3) is 5.95 Å². The molecule has 4 rings (SSSR count). The molecule has 2 aromatic heterocycles. The first-order chi connectivity index (χ1) is 19.4. The monoisotopic (exact) mass is 570 g/mol. The fourth-order valence-electron chi connectivity index (χ4n) is 4.56. The highest BCUT2D eigenvalue weighted by Gasteiger charge is 2.32. The number of nitrogens with one attached hydrogen (secondary N) is 2. The average molecular weight is 571 g/mol. The average Bonchev–Trinajstić information content (AvgIpc) is 3.51. The third-order valence-electron chi connectivity index (χ3n) is 6.60. The molecule has 1 saturated heterocycles. The normalized spacial score (nSPS) is 15.1. The summed E-state index contributed by atoms with van der Waals surface area (Å²) in [7, 11) is 3.18. The van der Waals surface area contributed by atoms with Gasteiger partial charge >= 0.3 is 6.03 Å². The van der Waals surface area contributed by atoms with Gasteiger partial charge in [-0.05, 0) is 30.5 Å². The van der Waals surface area contributed by atoms with Gasteiger partial charge in [-0.3, -0.25) is 9.36 Å². The van der Waals surface area contributed by atoms with E-state index in [4.69, 9.17) is 21.1 Å². The Morgan fingerprint density at radius 1 is 1.07 bits per heavy atom. The highest BCUT2D eigenvalue weighted by Crippen LogP contribution is 2.28. The van der Waals surface area contributed by atoms with Crippen molar-refractivity contribution in [1.29, 1.82) is 0 Å². The van der Waals surface area contributed by atoms with E-state index < -0.39 is 0 Å². The first-order valence-corrected chi connectivity index (χ1v) is 13.6. The van der Waals surface area contributed by atoms with Gasteiger partial charge < -0.3 is 29.9 Å². The summed E-state index contributed by atoms with van der Waals surface area (Å²) >= 11 is 6.36. The number of benzene rings is 1. The molecule has 12 nitrogen and oxygen atoms in total. The molecule has 1 aliphatic rings. The van der Waals surface area contributed by atoms with E-state index in [0.29, 0.717) is 62.4 Å². The number of hydrogen-bond donors (Lipinski definition) is 2. The van der Waals surface area contributed by atoms with Crippen molar-refractivity contribution in [3.63, 3.8) is 0 Å². The van der Waals surface area contributed by atoms with E-state index >= 15 is 0 Å². The molecule has 1 fully saturated rings. The number of halogens is 1. The highest BCUT2D eigenvalue weighted by atomic mass is 35.5. The fourth-order valence-corrected chi connectivity index (χ4v) is 4.74. The van der Waals surface area contributed by atoms with Crippen LogP contribution in [0.5, 0.6) is 11.5 Å². The number of nitrogens with zero attached hydrogens (tertiary/aromatic N) is 6. The molecule has 3 aromatic rings. The molecule has 1 aromatic carbocycles. The molecule has 3 amide bonds. The molecule has 2 N–H and O–H groups in total. The van der Waals surface area contributed by atoms with Crippen LogP contribution in [0.15, 0.2) is 43.0 Å². The van der Waals surface area contributed by atoms with Gasteiger partial charge in [-0.2, -0.15) is 4.98 Å². The van der Waals surface area contributed by atoms with Crippen molar-refractivity contribution in [2.24, 2.45) is 0 Å². The van der Waals surface area contributed by atoms with Gasteiger partial charge in [0.05, 0.1) is 20.3 Å². The number of aromatic nitrogens is 4. The number of hydrogen-bond acceptors (Lipinski definition) is 8. The van der Waals surface area contributed by atoms with Crippen molar-refractivity contribution in [2.75, 3.05) is 51.8 Å². The Balaban J connectivity index is 1.46. The number of carbonyl (C=O) groups is 2. The molecule has 3 heterocycles. The zero-order valence-corrected chi connectivity index (χ0v) is 23.7. The second-order valence-corrected chi connectivity index (χ2v) is 9.72. The topological polar surface area (TPSA) is 127 Å². The van der Waals surface area contributed by atoms with Gasteiger partial charge in [0.1, 0.15) is 17.3 Å². The van der Waals surface area contributed by atoms with Crippen LogP contribution in [0, 0.1) is 0 Å². The van der Waals surface area contributed by atoms with Crippen LogP contribution in [0.1, 0.15) is 25.3 Å². The minimum Gasteiger partial charge on any atom is -0.493 e. The quantitative estimate of drug-likeness (QED) is 0.337. The Bertz CT molecular complexity index is 1290. The van der Waals surface area contributed by atoms with Crippen molar-refractivity contribution in [3.8, 4) is 17.4 Å². The predicted octanol–water partition coefficient (Wildman–Crippen LogP) is 2.69. The lowest BCUT2D eigenvalue weighted by Crippen LogP contribution is -2.58. The summed E-state index contributed by atoms with van der Waals surface area (Å²) in [6, 6.07) is 6.91. The molecule has 1 atom stereocenters. The second-order valence-electron chi connectivity index (χ2n) is 9.34. The number of rotatable bonds is 11. The Hall–Kier alpha value is -4.06. The highest BCUT2D eigenvalue weighted by molar-refractivity contribution is 6.29. The van der Waals surface area contributed by atoms with Gasteiger partial charge in [0.25, 0.3) is 0 Å². The smallest absolute Gasteiger partial charge is 0.317 e. The van der Waals surface area contributed by atoms with Crippen LogP contribution in [0.4, 0.5) is 10.6 Å². The number of amides is 3. The Labute approximate surface area is 238 Å². The molecule has 214 valence electrons. The third kappa shape index (κ3) is 7.32. The van der Waals surface area contributed by atoms with E-state index in [1.54, 1.807) is 48.5 Å². The molecular formula is C27H35ClN8O4. The summed E-state index contributed by atoms with van der Waals surface area (Å²) in [6.07, 6.45) is 6.59. The Kier molecular flexibility index (Phi) is 10.0. The molecule has 40 heavy (non-hydrogen) atoms. The van der Waals surface area contributed by atoms with Crippen molar-refractivity contribution in [1.82, 2.24) is 35.1 Å². The SMILES string of the molecule is CCCNC(=O)N1CCN(c2cc(Cl)nc(-n3ccnc3)n2)C(CC(=O)NCCc2ccc(OC)c(OC)c2)C1. The summed E-state index contributed by atoms with van der Waals surface area (Å²) in [6.45, 7) is 4.38. The number of ether oxygens (including phenoxy) is 2. The Morgan fingerprint density at radius 2 is 1.90 bits per heavy atom. The van der Waals surface area contributed by atoms with Crippen LogP contribution in [-0.2, 0) is 11.2 Å². The maximum Gasteiger partial charge on any atom is 0.317 e. The molecule has 1 unspecified atom stereocenters. The fraction of sp³-hybridized carbons (Fsp3) is 0.444. The summed E-state index contributed by atoms with van der Waals surface area (Å²) in [5, 5.41) is 6.21. The number of anilines is 1. The molecule has 0 saturated carbocycles. The van der Waals surface area contributed by atoms with E-state index in [1.165, 1.54) is 0 Å². The van der Waals surface area contributed by atoms with Gasteiger partial charge in [0, 0.05) is 57.6 Å². The molecule has 0 aliphatic carbocycles. The number of carbonyl (C=O) groups excluding carboxylic acids is 2. The summed E-state index contributed by atoms with van der Waals surface area (Å²) in [5.74, 6) is 2.13. The lowest BCUT2D eigenvalue weighted by Gasteiger charge is -2.42. The maximum absolute atomic E-state index is 13.1. The zero-order valence-electron chi connectivity index (χ0n) is 23.0. The molecule has 13 heteroatoms. The lowest BCUT2D eigenvalue weighted by molar-refractivity contribution is -0.121. The van der Waals surface area contributed by atoms with E-state index in [9.17, 15) is 9.59 Å². The van der Waals surface area contributed by atoms with Gasteiger partial charge in [-0.15, -0.1) is 0 Å². The van der Waals surface area contributed by atoms with Crippen LogP contribution in [0.2, 0.25) is 5.15 Å². The van der Waals surface area contributed by atoms with E-state index in [1.807, 2.05) is 30.0 Å². The predicted molar refractivity (Wildman–Crippen MR) is 151 cm³/mol. The van der Waals surface area contributed by atoms with Crippen LogP contribution < -0.4 is 25.0 Å². The van der Waals surface area contributed by atoms with Crippen LogP contribution >= 0.6 is 11.6 Å². The van der Waals surface area contributed by atoms with Crippen molar-refractivity contribution in [2.45, 2.75) is 32.2 Å². The second kappa shape index (κ2) is 13.8. The largest absolute Gasteiger partial charge is 0.493 e. The van der Waals surface area contributed by atoms with Crippen molar-refractivity contribution >= 4 is 29.4 Å². The first kappa shape index (κ1) is 28.9. The minimum absolute atomic E-state index is 0.124. The molecule has 1 aliphatic heterocycles. The van der Waals surface area contributed by atoms with Crippen LogP contribution in [0.3, 0.4) is 0 Å². The number of methoxy groups -OCH3 is 2. The van der Waals surface area contributed by atoms with E-state index in [0.717, 1.165) is 12.0 Å². The summed E-state index contributed by atoms with van der Waals surface area (Å²) in [4.78, 5) is 42.7. The van der Waals surface area contributed by atoms with E-state index in [-0.39, 0.29) is 29.6 Å². The number of urea groups is 1. The van der Waals surface area contributed by atoms with Crippen LogP contribution in [-0.4, -0.2) is 89.3 Å². The molecule has 0 radical (unpaired) electrons. The standard InChI is InChI=1S/C27H35ClN8O4/c1-4-8-31-27(38)34-12-13-36(24-16-23(28)32-26(33-24)35-11-10-29-18-35)20(17-34)15-25(37)30-9-7-19-5-6-21(39-2)22(14-19)40-3/h5-6,10-11,14,16,18,20H,4,7-9,12-13,15,17H2,1-3H3,(H,30,37)(H,31,38). The molecular weight excluding hydrogens is 536 g/mol. The van der Waals surface area contributed by atoms with Gasteiger partial charge in [0.2, 0.25) is 11.9 Å². The van der Waals surface area contributed by atoms with Gasteiger partial charge in [0.15, 0.2) is 11.5 Å². The molecule has 0 spiro atoms. The number of imidazole rings is 1. The zero-order chi connectivity index (χ0) is 28.5. The van der Waals surface area contributed by atoms with Gasteiger partial charge in [-0.1, -0.05) is 24.6 Å². The minimum atomic E-state index is -0.316. The summed E-state index contributed by atoms with van der Waals surface area (Å²) < 4.78 is 12.3. The number of piperazine rings is 1. The van der Waals surface area contributed by atoms with E-state index in [2.05, 4.69) is 25.6 Å². The lowest BCUT2D eigenvalue weighted by atomic mass is 10.1.